The summed E-state index contributed by atoms with van der Waals surface area (Å²) in [4.78, 5) is 27.3. The van der Waals surface area contributed by atoms with E-state index in [1.54, 1.807) is 0 Å². The van der Waals surface area contributed by atoms with Gasteiger partial charge in [0, 0.05) is 38.1 Å². The quantitative estimate of drug-likeness (QED) is 0.605. The maximum absolute atomic E-state index is 12.8. The van der Waals surface area contributed by atoms with Gasteiger partial charge in [0.15, 0.2) is 0 Å². The van der Waals surface area contributed by atoms with Gasteiger partial charge in [0.2, 0.25) is 5.91 Å². The first kappa shape index (κ1) is 24.3. The summed E-state index contributed by atoms with van der Waals surface area (Å²) in [6.07, 6.45) is 5.38. The maximum atomic E-state index is 12.8. The first-order valence-corrected chi connectivity index (χ1v) is 12.7. The molecule has 0 aromatic heterocycles. The summed E-state index contributed by atoms with van der Waals surface area (Å²) in [5.41, 5.74) is 2.33. The minimum absolute atomic E-state index is 0.101. The van der Waals surface area contributed by atoms with Gasteiger partial charge in [0.25, 0.3) is 0 Å². The van der Waals surface area contributed by atoms with Crippen molar-refractivity contribution in [2.75, 3.05) is 19.6 Å². The SMILES string of the molecule is O=C(NCC1CCC(C(=O)NC2CCN(Cc3ccccc3)CC2)CC1)OCc1ccccc1. The van der Waals surface area contributed by atoms with E-state index in [1.165, 1.54) is 5.56 Å². The van der Waals surface area contributed by atoms with Crippen LogP contribution in [0.25, 0.3) is 0 Å². The summed E-state index contributed by atoms with van der Waals surface area (Å²) in [6.45, 7) is 3.93. The first-order chi connectivity index (χ1) is 16.7. The van der Waals surface area contributed by atoms with Crippen molar-refractivity contribution in [3.05, 3.63) is 71.8 Å². The fourth-order valence-corrected chi connectivity index (χ4v) is 5.03. The largest absolute Gasteiger partial charge is 0.445 e. The lowest BCUT2D eigenvalue weighted by Crippen LogP contribution is -2.46. The number of benzene rings is 2. The number of amides is 2. The van der Waals surface area contributed by atoms with E-state index in [4.69, 9.17) is 4.74 Å². The van der Waals surface area contributed by atoms with Crippen molar-refractivity contribution in [2.45, 2.75) is 57.7 Å². The normalized spacial score (nSPS) is 21.5. The highest BCUT2D eigenvalue weighted by molar-refractivity contribution is 5.79. The molecule has 0 spiro atoms. The van der Waals surface area contributed by atoms with E-state index in [0.29, 0.717) is 18.5 Å². The van der Waals surface area contributed by atoms with Crippen molar-refractivity contribution in [3.8, 4) is 0 Å². The number of nitrogens with one attached hydrogen (secondary N) is 2. The van der Waals surface area contributed by atoms with Crippen LogP contribution in [0.2, 0.25) is 0 Å². The molecule has 0 atom stereocenters. The maximum Gasteiger partial charge on any atom is 0.407 e. The second-order valence-corrected chi connectivity index (χ2v) is 9.70. The third kappa shape index (κ3) is 7.59. The van der Waals surface area contributed by atoms with Crippen molar-refractivity contribution >= 4 is 12.0 Å². The van der Waals surface area contributed by atoms with E-state index >= 15 is 0 Å². The van der Waals surface area contributed by atoms with Crippen LogP contribution in [0, 0.1) is 11.8 Å². The number of rotatable bonds is 8. The number of hydrogen-bond donors (Lipinski definition) is 2. The zero-order valence-electron chi connectivity index (χ0n) is 20.0. The molecule has 6 nitrogen and oxygen atoms in total. The average Bonchev–Trinajstić information content (AvgIpc) is 2.89. The molecular formula is C28H37N3O3. The summed E-state index contributed by atoms with van der Waals surface area (Å²) in [6, 6.07) is 20.5. The smallest absolute Gasteiger partial charge is 0.407 e. The van der Waals surface area contributed by atoms with Gasteiger partial charge in [0.1, 0.15) is 6.61 Å². The molecule has 4 rings (SSSR count). The van der Waals surface area contributed by atoms with Crippen LogP contribution in [0.5, 0.6) is 0 Å². The Morgan fingerprint density at radius 3 is 2.09 bits per heavy atom. The molecule has 0 bridgehead atoms. The second kappa shape index (κ2) is 12.6. The highest BCUT2D eigenvalue weighted by Crippen LogP contribution is 2.29. The van der Waals surface area contributed by atoms with Crippen LogP contribution in [0.15, 0.2) is 60.7 Å². The Labute approximate surface area is 203 Å². The van der Waals surface area contributed by atoms with Crippen molar-refractivity contribution < 1.29 is 14.3 Å². The Hall–Kier alpha value is -2.86. The van der Waals surface area contributed by atoms with Crippen molar-refractivity contribution in [1.82, 2.24) is 15.5 Å². The Balaban J connectivity index is 1.08. The Kier molecular flexibility index (Phi) is 8.97. The number of carbonyl (C=O) groups is 2. The highest BCUT2D eigenvalue weighted by Gasteiger charge is 2.29. The molecule has 2 fully saturated rings. The molecule has 34 heavy (non-hydrogen) atoms. The van der Waals surface area contributed by atoms with Crippen LogP contribution in [-0.2, 0) is 22.7 Å². The third-order valence-electron chi connectivity index (χ3n) is 7.15. The Bertz CT molecular complexity index is 890. The van der Waals surface area contributed by atoms with E-state index in [1.807, 2.05) is 30.3 Å². The number of ether oxygens (including phenoxy) is 1. The summed E-state index contributed by atoms with van der Waals surface area (Å²) < 4.78 is 5.29. The lowest BCUT2D eigenvalue weighted by molar-refractivity contribution is -0.127. The molecule has 2 aromatic rings. The molecule has 1 saturated heterocycles. The molecule has 2 aliphatic rings. The number of carbonyl (C=O) groups excluding carboxylic acids is 2. The first-order valence-electron chi connectivity index (χ1n) is 12.7. The van der Waals surface area contributed by atoms with Gasteiger partial charge in [-0.1, -0.05) is 60.7 Å². The summed E-state index contributed by atoms with van der Waals surface area (Å²) in [7, 11) is 0. The molecule has 182 valence electrons. The summed E-state index contributed by atoms with van der Waals surface area (Å²) in [5.74, 6) is 0.730. The molecule has 1 aliphatic carbocycles. The van der Waals surface area contributed by atoms with Crippen LogP contribution in [0.1, 0.15) is 49.7 Å². The van der Waals surface area contributed by atoms with Gasteiger partial charge in [-0.25, -0.2) is 4.79 Å². The molecule has 6 heteroatoms. The van der Waals surface area contributed by atoms with Gasteiger partial charge in [-0.2, -0.15) is 0 Å². The molecule has 1 heterocycles. The fraction of sp³-hybridized carbons (Fsp3) is 0.500. The van der Waals surface area contributed by atoms with Crippen LogP contribution < -0.4 is 10.6 Å². The van der Waals surface area contributed by atoms with Crippen LogP contribution in [-0.4, -0.2) is 42.6 Å². The molecule has 0 unspecified atom stereocenters. The van der Waals surface area contributed by atoms with Crippen LogP contribution >= 0.6 is 0 Å². The Morgan fingerprint density at radius 2 is 1.44 bits per heavy atom. The standard InChI is InChI=1S/C28H37N3O3/c32-27(30-26-15-17-31(18-16-26)20-23-7-3-1-4-8-23)25-13-11-22(12-14-25)19-29-28(33)34-21-24-9-5-2-6-10-24/h1-10,22,25-26H,11-21H2,(H,29,33)(H,30,32). The average molecular weight is 464 g/mol. The highest BCUT2D eigenvalue weighted by atomic mass is 16.5. The van der Waals surface area contributed by atoms with Crippen LogP contribution in [0.3, 0.4) is 0 Å². The Morgan fingerprint density at radius 1 is 0.824 bits per heavy atom. The molecule has 2 amide bonds. The zero-order chi connectivity index (χ0) is 23.6. The molecule has 2 N–H and O–H groups in total. The van der Waals surface area contributed by atoms with Crippen molar-refractivity contribution in [2.24, 2.45) is 11.8 Å². The fourth-order valence-electron chi connectivity index (χ4n) is 5.03. The minimum Gasteiger partial charge on any atom is -0.445 e. The van der Waals surface area contributed by atoms with Crippen molar-refractivity contribution in [3.63, 3.8) is 0 Å². The monoisotopic (exact) mass is 463 g/mol. The minimum atomic E-state index is -0.373. The van der Waals surface area contributed by atoms with Gasteiger partial charge in [-0.15, -0.1) is 0 Å². The number of piperidine rings is 1. The van der Waals surface area contributed by atoms with Crippen LogP contribution in [0.4, 0.5) is 4.79 Å². The molecule has 2 aromatic carbocycles. The predicted octanol–water partition coefficient (Wildman–Crippen LogP) is 4.50. The predicted molar refractivity (Wildman–Crippen MR) is 133 cm³/mol. The number of hydrogen-bond acceptors (Lipinski definition) is 4. The van der Waals surface area contributed by atoms with E-state index in [9.17, 15) is 9.59 Å². The second-order valence-electron chi connectivity index (χ2n) is 9.70. The van der Waals surface area contributed by atoms with Gasteiger partial charge in [-0.3, -0.25) is 9.69 Å². The van der Waals surface area contributed by atoms with Gasteiger partial charge < -0.3 is 15.4 Å². The number of likely N-dealkylation sites (tertiary alicyclic amines) is 1. The summed E-state index contributed by atoms with van der Waals surface area (Å²) in [5, 5.41) is 6.20. The number of nitrogens with zero attached hydrogens (tertiary/aromatic N) is 1. The van der Waals surface area contributed by atoms with Crippen molar-refractivity contribution in [1.29, 1.82) is 0 Å². The van der Waals surface area contributed by atoms with Gasteiger partial charge in [-0.05, 0) is 55.6 Å². The lowest BCUT2D eigenvalue weighted by atomic mass is 9.81. The molecular weight excluding hydrogens is 426 g/mol. The van der Waals surface area contributed by atoms with Gasteiger partial charge >= 0.3 is 6.09 Å². The third-order valence-corrected chi connectivity index (χ3v) is 7.15. The lowest BCUT2D eigenvalue weighted by Gasteiger charge is -2.34. The van der Waals surface area contributed by atoms with E-state index in [2.05, 4.69) is 45.9 Å². The van der Waals surface area contributed by atoms with E-state index in [0.717, 1.165) is 63.7 Å². The molecule has 1 aliphatic heterocycles. The molecule has 1 saturated carbocycles. The topological polar surface area (TPSA) is 70.7 Å². The molecule has 0 radical (unpaired) electrons. The summed E-state index contributed by atoms with van der Waals surface area (Å²) >= 11 is 0. The van der Waals surface area contributed by atoms with E-state index in [-0.39, 0.29) is 24.5 Å². The zero-order valence-corrected chi connectivity index (χ0v) is 20.0. The van der Waals surface area contributed by atoms with Gasteiger partial charge in [0.05, 0.1) is 0 Å². The van der Waals surface area contributed by atoms with E-state index < -0.39 is 0 Å². The number of alkyl carbamates (subject to hydrolysis) is 1.